The highest BCUT2D eigenvalue weighted by atomic mass is 16.6. The van der Waals surface area contributed by atoms with Gasteiger partial charge in [-0.15, -0.1) is 0 Å². The third-order valence-electron chi connectivity index (χ3n) is 2.77. The van der Waals surface area contributed by atoms with Gasteiger partial charge in [-0.25, -0.2) is 5.43 Å². The Morgan fingerprint density at radius 3 is 2.48 bits per heavy atom. The number of hydrazine groups is 1. The maximum Gasteiger partial charge on any atom is 0.322 e. The molecule has 0 spiro atoms. The zero-order valence-electron chi connectivity index (χ0n) is 11.7. The molecule has 0 unspecified atom stereocenters. The quantitative estimate of drug-likeness (QED) is 0.243. The van der Waals surface area contributed by atoms with Crippen molar-refractivity contribution < 1.29 is 29.5 Å². The Balaban J connectivity index is 2.81. The number of nitrogens with zero attached hydrogens (tertiary/aromatic N) is 1. The first kappa shape index (κ1) is 17.8. The van der Waals surface area contributed by atoms with Gasteiger partial charge in [0.25, 0.3) is 11.6 Å². The smallest absolute Gasteiger partial charge is 0.322 e. The van der Waals surface area contributed by atoms with Gasteiger partial charge in [0.2, 0.25) is 0 Å². The van der Waals surface area contributed by atoms with Gasteiger partial charge in [0.15, 0.2) is 0 Å². The van der Waals surface area contributed by atoms with Gasteiger partial charge >= 0.3 is 11.9 Å². The number of carbonyl (C=O) groups excluding carboxylic acids is 1. The van der Waals surface area contributed by atoms with Crippen molar-refractivity contribution in [1.82, 2.24) is 10.9 Å². The van der Waals surface area contributed by atoms with Crippen molar-refractivity contribution in [1.29, 1.82) is 0 Å². The standard InChI is InChI=1S/C12H14N4O7/c13-6-1-2-7(9(5-6)16(22)23)11(19)15-14-8(12(20)21)3-4-10(17)18/h1-2,5,8,14H,3-4,13H2,(H,15,19)(H,17,18)(H,20,21)/t8-/m0/s1. The van der Waals surface area contributed by atoms with E-state index in [0.29, 0.717) is 0 Å². The lowest BCUT2D eigenvalue weighted by molar-refractivity contribution is -0.385. The molecule has 23 heavy (non-hydrogen) atoms. The first-order valence-electron chi connectivity index (χ1n) is 6.26. The maximum atomic E-state index is 11.9. The summed E-state index contributed by atoms with van der Waals surface area (Å²) in [5, 5.41) is 28.3. The zero-order chi connectivity index (χ0) is 17.6. The first-order valence-corrected chi connectivity index (χ1v) is 6.26. The van der Waals surface area contributed by atoms with Gasteiger partial charge in [0, 0.05) is 18.2 Å². The summed E-state index contributed by atoms with van der Waals surface area (Å²) in [7, 11) is 0. The summed E-state index contributed by atoms with van der Waals surface area (Å²) in [4.78, 5) is 43.4. The average Bonchev–Trinajstić information content (AvgIpc) is 2.45. The molecule has 11 heteroatoms. The summed E-state index contributed by atoms with van der Waals surface area (Å²) in [6.07, 6.45) is -0.712. The molecule has 0 saturated carbocycles. The second-order valence-corrected chi connectivity index (χ2v) is 4.46. The van der Waals surface area contributed by atoms with Crippen molar-refractivity contribution in [2.45, 2.75) is 18.9 Å². The summed E-state index contributed by atoms with van der Waals surface area (Å²) in [5.41, 5.74) is 8.79. The second kappa shape index (κ2) is 7.70. The highest BCUT2D eigenvalue weighted by Gasteiger charge is 2.23. The normalized spacial score (nSPS) is 11.5. The molecular weight excluding hydrogens is 312 g/mol. The minimum Gasteiger partial charge on any atom is -0.481 e. The molecule has 0 heterocycles. The lowest BCUT2D eigenvalue weighted by Crippen LogP contribution is -2.48. The van der Waals surface area contributed by atoms with Crippen molar-refractivity contribution in [3.8, 4) is 0 Å². The molecule has 0 aromatic heterocycles. The van der Waals surface area contributed by atoms with Crippen LogP contribution in [0.1, 0.15) is 23.2 Å². The van der Waals surface area contributed by atoms with Gasteiger partial charge < -0.3 is 15.9 Å². The minimum absolute atomic E-state index is 0.0890. The lowest BCUT2D eigenvalue weighted by atomic mass is 10.1. The van der Waals surface area contributed by atoms with E-state index in [2.05, 4.69) is 5.43 Å². The second-order valence-electron chi connectivity index (χ2n) is 4.46. The lowest BCUT2D eigenvalue weighted by Gasteiger charge is -2.14. The number of nitrogen functional groups attached to an aromatic ring is 1. The molecular formula is C12H14N4O7. The number of carboxylic acids is 2. The van der Waals surface area contributed by atoms with Gasteiger partial charge in [0.05, 0.1) is 4.92 Å². The number of carbonyl (C=O) groups is 3. The van der Waals surface area contributed by atoms with Crippen LogP contribution in [0.2, 0.25) is 0 Å². The van der Waals surface area contributed by atoms with Gasteiger partial charge in [-0.3, -0.25) is 29.9 Å². The number of benzene rings is 1. The molecule has 0 fully saturated rings. The Labute approximate surface area is 129 Å². The minimum atomic E-state index is -1.38. The van der Waals surface area contributed by atoms with E-state index in [4.69, 9.17) is 15.9 Å². The third kappa shape index (κ3) is 5.24. The predicted octanol–water partition coefficient (Wildman–Crippen LogP) is -0.271. The molecule has 0 aliphatic heterocycles. The van der Waals surface area contributed by atoms with Gasteiger partial charge in [-0.05, 0) is 18.6 Å². The van der Waals surface area contributed by atoms with Crippen LogP contribution in [-0.2, 0) is 9.59 Å². The Morgan fingerprint density at radius 2 is 1.96 bits per heavy atom. The van der Waals surface area contributed by atoms with E-state index in [1.165, 1.54) is 6.07 Å². The number of hydrogen-bond donors (Lipinski definition) is 5. The summed E-state index contributed by atoms with van der Waals surface area (Å²) in [5.74, 6) is -3.52. The molecule has 124 valence electrons. The number of carboxylic acid groups (broad SMARTS) is 2. The molecule has 0 radical (unpaired) electrons. The van der Waals surface area contributed by atoms with E-state index in [9.17, 15) is 24.5 Å². The molecule has 1 aromatic rings. The molecule has 0 aliphatic carbocycles. The Morgan fingerprint density at radius 1 is 1.30 bits per heavy atom. The Kier molecular flexibility index (Phi) is 5.97. The van der Waals surface area contributed by atoms with Crippen LogP contribution in [0.3, 0.4) is 0 Å². The number of nitro groups is 1. The van der Waals surface area contributed by atoms with Crippen molar-refractivity contribution in [2.24, 2.45) is 0 Å². The number of nitrogens with two attached hydrogens (primary N) is 1. The van der Waals surface area contributed by atoms with E-state index in [-0.39, 0.29) is 17.7 Å². The Hall–Kier alpha value is -3.21. The molecule has 6 N–H and O–H groups in total. The average molecular weight is 326 g/mol. The SMILES string of the molecule is Nc1ccc(C(=O)NN[C@@H](CCC(=O)O)C(=O)O)c([N+](=O)[O-])c1. The van der Waals surface area contributed by atoms with Crippen LogP contribution in [-0.4, -0.2) is 39.0 Å². The number of aliphatic carboxylic acids is 2. The van der Waals surface area contributed by atoms with Crippen LogP contribution < -0.4 is 16.6 Å². The fraction of sp³-hybridized carbons (Fsp3) is 0.250. The summed E-state index contributed by atoms with van der Waals surface area (Å²) >= 11 is 0. The van der Waals surface area contributed by atoms with Crippen LogP contribution in [0.25, 0.3) is 0 Å². The molecule has 0 aliphatic rings. The Bertz CT molecular complexity index is 646. The number of hydrogen-bond acceptors (Lipinski definition) is 7. The molecule has 0 bridgehead atoms. The first-order chi connectivity index (χ1) is 10.7. The summed E-state index contributed by atoms with van der Waals surface area (Å²) in [6, 6.07) is 2.04. The number of nitrogens with one attached hydrogen (secondary N) is 2. The van der Waals surface area contributed by atoms with Crippen molar-refractivity contribution in [2.75, 3.05) is 5.73 Å². The largest absolute Gasteiger partial charge is 0.481 e. The molecule has 1 amide bonds. The van der Waals surface area contributed by atoms with Crippen LogP contribution in [0, 0.1) is 10.1 Å². The fourth-order valence-corrected chi connectivity index (χ4v) is 1.64. The predicted molar refractivity (Wildman–Crippen MR) is 76.4 cm³/mol. The molecule has 1 aromatic carbocycles. The van der Waals surface area contributed by atoms with E-state index in [0.717, 1.165) is 12.1 Å². The third-order valence-corrected chi connectivity index (χ3v) is 2.77. The highest BCUT2D eigenvalue weighted by Crippen LogP contribution is 2.21. The molecule has 1 atom stereocenters. The summed E-state index contributed by atoms with van der Waals surface area (Å²) < 4.78 is 0. The summed E-state index contributed by atoms with van der Waals surface area (Å²) in [6.45, 7) is 0. The van der Waals surface area contributed by atoms with E-state index in [1.807, 2.05) is 5.43 Å². The fourth-order valence-electron chi connectivity index (χ4n) is 1.64. The number of anilines is 1. The molecule has 1 rings (SSSR count). The van der Waals surface area contributed by atoms with Crippen molar-refractivity contribution in [3.63, 3.8) is 0 Å². The van der Waals surface area contributed by atoms with Crippen LogP contribution >= 0.6 is 0 Å². The topological polar surface area (TPSA) is 185 Å². The van der Waals surface area contributed by atoms with Crippen LogP contribution in [0.4, 0.5) is 11.4 Å². The van der Waals surface area contributed by atoms with Gasteiger partial charge in [-0.1, -0.05) is 0 Å². The van der Waals surface area contributed by atoms with Gasteiger partial charge in [0.1, 0.15) is 11.6 Å². The zero-order valence-corrected chi connectivity index (χ0v) is 11.7. The maximum absolute atomic E-state index is 11.9. The van der Waals surface area contributed by atoms with E-state index in [1.54, 1.807) is 0 Å². The van der Waals surface area contributed by atoms with Crippen molar-refractivity contribution >= 4 is 29.2 Å². The van der Waals surface area contributed by atoms with Gasteiger partial charge in [-0.2, -0.15) is 0 Å². The van der Waals surface area contributed by atoms with Crippen LogP contribution in [0.5, 0.6) is 0 Å². The number of amides is 1. The van der Waals surface area contributed by atoms with Crippen LogP contribution in [0.15, 0.2) is 18.2 Å². The highest BCUT2D eigenvalue weighted by molar-refractivity contribution is 5.98. The molecule has 0 saturated heterocycles. The number of rotatable bonds is 8. The monoisotopic (exact) mass is 326 g/mol. The number of nitro benzene ring substituents is 1. The van der Waals surface area contributed by atoms with E-state index < -0.39 is 40.9 Å². The van der Waals surface area contributed by atoms with E-state index >= 15 is 0 Å². The molecule has 11 nitrogen and oxygen atoms in total. The van der Waals surface area contributed by atoms with Crippen molar-refractivity contribution in [3.05, 3.63) is 33.9 Å².